The van der Waals surface area contributed by atoms with E-state index in [1.807, 2.05) is 0 Å². The first-order valence-corrected chi connectivity index (χ1v) is 8.00. The van der Waals surface area contributed by atoms with Gasteiger partial charge in [0.2, 0.25) is 0 Å². The predicted octanol–water partition coefficient (Wildman–Crippen LogP) is 3.61. The van der Waals surface area contributed by atoms with Gasteiger partial charge in [-0.2, -0.15) is 0 Å². The number of rotatable bonds is 4. The first kappa shape index (κ1) is 15.6. The third kappa shape index (κ3) is 2.39. The molecule has 3 rings (SSSR count). The van der Waals surface area contributed by atoms with Gasteiger partial charge in [-0.25, -0.2) is 0 Å². The van der Waals surface area contributed by atoms with Crippen molar-refractivity contribution in [2.45, 2.75) is 51.3 Å². The molecular formula is C18H23B2O2. The Morgan fingerprint density at radius 3 is 2.05 bits per heavy atom. The molecule has 2 nitrogen and oxygen atoms in total. The Bertz CT molecular complexity index is 654. The Kier molecular flexibility index (Phi) is 3.86. The summed E-state index contributed by atoms with van der Waals surface area (Å²) in [6.45, 7) is 9.08. The van der Waals surface area contributed by atoms with Gasteiger partial charge in [-0.15, -0.1) is 0 Å². The minimum absolute atomic E-state index is 0.0675. The molecule has 2 aromatic carbocycles. The summed E-state index contributed by atoms with van der Waals surface area (Å²) in [5.41, 5.74) is 2.44. The molecule has 4 heteroatoms. The summed E-state index contributed by atoms with van der Waals surface area (Å²) in [4.78, 5) is 0. The molecule has 0 aliphatic carbocycles. The Morgan fingerprint density at radius 1 is 1.00 bits per heavy atom. The van der Waals surface area contributed by atoms with Gasteiger partial charge in [0.1, 0.15) is 0 Å². The van der Waals surface area contributed by atoms with Crippen molar-refractivity contribution in [1.82, 2.24) is 0 Å². The molecule has 1 aliphatic rings. The summed E-state index contributed by atoms with van der Waals surface area (Å²) in [7, 11) is 0.833. The first-order valence-electron chi connectivity index (χ1n) is 8.00. The van der Waals surface area contributed by atoms with Crippen LogP contribution in [0.15, 0.2) is 36.4 Å². The molecule has 22 heavy (non-hydrogen) atoms. The largest absolute Gasteiger partial charge is 0.485 e. The second-order valence-corrected chi connectivity index (χ2v) is 7.49. The molecule has 0 atom stereocenters. The number of hydrogen-bond acceptors (Lipinski definition) is 2. The van der Waals surface area contributed by atoms with E-state index in [0.29, 0.717) is 6.71 Å². The quantitative estimate of drug-likeness (QED) is 0.872. The van der Waals surface area contributed by atoms with E-state index in [9.17, 15) is 0 Å². The molecule has 0 bridgehead atoms. The Balaban J connectivity index is 2.00. The first-order chi connectivity index (χ1) is 10.4. The zero-order valence-electron chi connectivity index (χ0n) is 13.9. The van der Waals surface area contributed by atoms with Crippen molar-refractivity contribution in [2.75, 3.05) is 0 Å². The lowest BCUT2D eigenvalue weighted by Crippen LogP contribution is -2.50. The van der Waals surface area contributed by atoms with Crippen LogP contribution in [0.25, 0.3) is 10.8 Å². The minimum atomic E-state index is -0.424. The lowest BCUT2D eigenvalue weighted by atomic mass is 9.25. The third-order valence-electron chi connectivity index (χ3n) is 5.93. The highest BCUT2D eigenvalue weighted by Gasteiger charge is 2.46. The van der Waals surface area contributed by atoms with Gasteiger partial charge < -0.3 is 9.68 Å². The minimum Gasteiger partial charge on any atom is -0.429 e. The standard InChI is InChI=1S/C18H23B2O2/c1-17(2,18(3,4)22-19-21)20-11-14-9-5-7-13-8-6-10-15(12-20)16(13)14/h5-10,21H,11-12H2,1-4H3. The summed E-state index contributed by atoms with van der Waals surface area (Å²) < 4.78 is 5.54. The molecule has 1 heterocycles. The van der Waals surface area contributed by atoms with Crippen LogP contribution in [0, 0.1) is 0 Å². The van der Waals surface area contributed by atoms with Crippen LogP contribution in [-0.2, 0) is 17.3 Å². The maximum atomic E-state index is 9.10. The van der Waals surface area contributed by atoms with Crippen LogP contribution in [0.2, 0.25) is 5.31 Å². The molecule has 0 saturated heterocycles. The highest BCUT2D eigenvalue weighted by atomic mass is 16.5. The second kappa shape index (κ2) is 5.43. The van der Waals surface area contributed by atoms with E-state index >= 15 is 0 Å². The van der Waals surface area contributed by atoms with Crippen molar-refractivity contribution in [3.63, 3.8) is 0 Å². The van der Waals surface area contributed by atoms with E-state index in [-0.39, 0.29) is 5.31 Å². The molecule has 2 aromatic rings. The van der Waals surface area contributed by atoms with Gasteiger partial charge in [0.15, 0.2) is 6.71 Å². The molecule has 113 valence electrons. The zero-order chi connectivity index (χ0) is 16.0. The van der Waals surface area contributed by atoms with Crippen molar-refractivity contribution < 1.29 is 9.68 Å². The molecule has 0 fully saturated rings. The van der Waals surface area contributed by atoms with Crippen LogP contribution >= 0.6 is 0 Å². The summed E-state index contributed by atoms with van der Waals surface area (Å²) in [6, 6.07) is 13.2. The van der Waals surface area contributed by atoms with Crippen LogP contribution in [-0.4, -0.2) is 25.0 Å². The Morgan fingerprint density at radius 2 is 1.55 bits per heavy atom. The molecule has 0 aromatic heterocycles. The van der Waals surface area contributed by atoms with Crippen molar-refractivity contribution in [1.29, 1.82) is 0 Å². The highest BCUT2D eigenvalue weighted by molar-refractivity contribution is 6.62. The van der Waals surface area contributed by atoms with Crippen LogP contribution in [0.5, 0.6) is 0 Å². The second-order valence-electron chi connectivity index (χ2n) is 7.49. The summed E-state index contributed by atoms with van der Waals surface area (Å²) >= 11 is 0. The lowest BCUT2D eigenvalue weighted by molar-refractivity contribution is 0.0542. The van der Waals surface area contributed by atoms with Gasteiger partial charge in [0.25, 0.3) is 0 Å². The topological polar surface area (TPSA) is 29.5 Å². The molecule has 0 amide bonds. The summed E-state index contributed by atoms with van der Waals surface area (Å²) in [6.07, 6.45) is 2.11. The molecule has 1 aliphatic heterocycles. The van der Waals surface area contributed by atoms with Gasteiger partial charge in [-0.05, 0) is 53.7 Å². The van der Waals surface area contributed by atoms with Gasteiger partial charge in [0.05, 0.1) is 0 Å². The fourth-order valence-electron chi connectivity index (χ4n) is 3.73. The maximum absolute atomic E-state index is 9.10. The third-order valence-corrected chi connectivity index (χ3v) is 5.93. The van der Waals surface area contributed by atoms with Crippen LogP contribution < -0.4 is 0 Å². The predicted molar refractivity (Wildman–Crippen MR) is 94.3 cm³/mol. The molecule has 1 radical (unpaired) electrons. The van der Waals surface area contributed by atoms with Crippen molar-refractivity contribution in [3.05, 3.63) is 47.5 Å². The van der Waals surface area contributed by atoms with Crippen molar-refractivity contribution >= 4 is 25.2 Å². The molecule has 0 spiro atoms. The van der Waals surface area contributed by atoms with Crippen LogP contribution in [0.3, 0.4) is 0 Å². The van der Waals surface area contributed by atoms with E-state index < -0.39 is 5.60 Å². The average molecular weight is 293 g/mol. The fourth-order valence-corrected chi connectivity index (χ4v) is 3.73. The van der Waals surface area contributed by atoms with E-state index in [1.54, 1.807) is 0 Å². The normalized spacial score (nSPS) is 15.2. The highest BCUT2D eigenvalue weighted by Crippen LogP contribution is 2.47. The fraction of sp³-hybridized carbons (Fsp3) is 0.444. The van der Waals surface area contributed by atoms with Crippen LogP contribution in [0.1, 0.15) is 38.8 Å². The van der Waals surface area contributed by atoms with Gasteiger partial charge in [-0.1, -0.05) is 50.2 Å². The molecular weight excluding hydrogens is 270 g/mol. The summed E-state index contributed by atoms with van der Waals surface area (Å²) in [5, 5.41) is 11.8. The smallest absolute Gasteiger partial charge is 0.429 e. The summed E-state index contributed by atoms with van der Waals surface area (Å²) in [5.74, 6) is 0. The van der Waals surface area contributed by atoms with Crippen molar-refractivity contribution in [2.24, 2.45) is 0 Å². The van der Waals surface area contributed by atoms with E-state index in [2.05, 4.69) is 64.1 Å². The van der Waals surface area contributed by atoms with Gasteiger partial charge in [-0.3, -0.25) is 0 Å². The number of hydrogen-bond donors (Lipinski definition) is 1. The van der Waals surface area contributed by atoms with E-state index in [1.165, 1.54) is 21.9 Å². The molecule has 1 N–H and O–H groups in total. The van der Waals surface area contributed by atoms with E-state index in [0.717, 1.165) is 20.3 Å². The van der Waals surface area contributed by atoms with Crippen molar-refractivity contribution in [3.8, 4) is 0 Å². The Hall–Kier alpha value is -1.25. The van der Waals surface area contributed by atoms with E-state index in [4.69, 9.17) is 9.68 Å². The zero-order valence-corrected chi connectivity index (χ0v) is 13.9. The lowest BCUT2D eigenvalue weighted by Gasteiger charge is -2.47. The van der Waals surface area contributed by atoms with Gasteiger partial charge >= 0.3 is 7.69 Å². The van der Waals surface area contributed by atoms with Gasteiger partial charge in [0, 0.05) is 5.60 Å². The molecule has 0 saturated carbocycles. The molecule has 0 unspecified atom stereocenters. The SMILES string of the molecule is CC(C)(O[B]O)C(C)(C)B1Cc2cccc3cccc(c23)C1. The number of benzene rings is 2. The van der Waals surface area contributed by atoms with Crippen LogP contribution in [0.4, 0.5) is 0 Å². The maximum Gasteiger partial charge on any atom is 0.485 e. The monoisotopic (exact) mass is 293 g/mol. The average Bonchev–Trinajstić information content (AvgIpc) is 2.47. The Labute approximate surface area is 134 Å².